The highest BCUT2D eigenvalue weighted by molar-refractivity contribution is 5.99. The molecule has 0 spiro atoms. The van der Waals surface area contributed by atoms with Gasteiger partial charge in [-0.05, 0) is 79.5 Å². The Balaban J connectivity index is 1.70. The third-order valence-electron chi connectivity index (χ3n) is 16.6. The van der Waals surface area contributed by atoms with Gasteiger partial charge in [0.2, 0.25) is 53.2 Å². The number of benzene rings is 2. The number of carbonyl (C=O) groups is 11. The summed E-state index contributed by atoms with van der Waals surface area (Å²) in [7, 11) is 6.05. The van der Waals surface area contributed by atoms with Crippen molar-refractivity contribution in [1.29, 1.82) is 0 Å². The van der Waals surface area contributed by atoms with Crippen molar-refractivity contribution in [3.63, 3.8) is 0 Å². The molecule has 0 aromatic heterocycles. The van der Waals surface area contributed by atoms with Gasteiger partial charge in [-0.25, -0.2) is 9.59 Å². The van der Waals surface area contributed by atoms with Crippen LogP contribution in [0.3, 0.4) is 0 Å². The minimum Gasteiger partial charge on any atom is -0.445 e. The molecule has 0 bridgehead atoms. The number of methoxy groups -OCH3 is 2. The summed E-state index contributed by atoms with van der Waals surface area (Å²) in [6, 6.07) is 8.36. The number of nitrogens with zero attached hydrogens (tertiary/aromatic N) is 3. The van der Waals surface area contributed by atoms with Gasteiger partial charge in [-0.1, -0.05) is 111 Å². The topological polar surface area (TPSA) is 394 Å². The lowest BCUT2D eigenvalue weighted by atomic mass is 9.89. The number of ether oxygens (including phenoxy) is 3. The molecule has 1 saturated heterocycles. The van der Waals surface area contributed by atoms with E-state index in [0.29, 0.717) is 42.6 Å². The lowest BCUT2D eigenvalue weighted by molar-refractivity contribution is -0.148. The molecule has 92 heavy (non-hydrogen) atoms. The molecule has 28 heteroatoms. The second-order valence-corrected chi connectivity index (χ2v) is 24.6. The number of primary amides is 1. The van der Waals surface area contributed by atoms with E-state index in [2.05, 4.69) is 42.5 Å². The number of urea groups is 1. The van der Waals surface area contributed by atoms with Gasteiger partial charge in [0.15, 0.2) is 0 Å². The second kappa shape index (κ2) is 38.8. The van der Waals surface area contributed by atoms with Crippen LogP contribution in [-0.2, 0) is 64.0 Å². The van der Waals surface area contributed by atoms with E-state index < -0.39 is 151 Å². The van der Waals surface area contributed by atoms with Crippen LogP contribution in [-0.4, -0.2) is 201 Å². The number of rotatable bonds is 37. The zero-order valence-corrected chi connectivity index (χ0v) is 56.0. The number of anilines is 1. The molecule has 1 aliphatic heterocycles. The fraction of sp³-hybridized carbons (Fsp3) is 0.641. The van der Waals surface area contributed by atoms with Crippen molar-refractivity contribution in [2.75, 3.05) is 66.4 Å². The molecule has 0 radical (unpaired) electrons. The first kappa shape index (κ1) is 78.3. The van der Waals surface area contributed by atoms with Crippen LogP contribution in [0.15, 0.2) is 54.6 Å². The zero-order valence-electron chi connectivity index (χ0n) is 56.0. The molecule has 12 amide bonds. The van der Waals surface area contributed by atoms with Crippen LogP contribution in [0.4, 0.5) is 15.3 Å². The number of nitrogens with one attached hydrogen (secondary N) is 8. The molecule has 0 saturated carbocycles. The molecule has 514 valence electrons. The number of nitrogens with two attached hydrogens (primary N) is 2. The normalized spacial score (nSPS) is 16.6. The first-order valence-corrected chi connectivity index (χ1v) is 31.5. The third kappa shape index (κ3) is 23.9. The molecule has 0 aliphatic carbocycles. The van der Waals surface area contributed by atoms with Gasteiger partial charge in [0, 0.05) is 47.1 Å². The van der Waals surface area contributed by atoms with Crippen LogP contribution in [0.5, 0.6) is 0 Å². The number of hydrogen-bond acceptors (Lipinski definition) is 16. The quantitative estimate of drug-likeness (QED) is 0.0430. The van der Waals surface area contributed by atoms with Crippen molar-refractivity contribution in [2.24, 2.45) is 41.1 Å². The van der Waals surface area contributed by atoms with E-state index >= 15 is 0 Å². The van der Waals surface area contributed by atoms with Crippen molar-refractivity contribution in [1.82, 2.24) is 51.9 Å². The molecule has 28 nitrogen and oxygen atoms in total. The van der Waals surface area contributed by atoms with Gasteiger partial charge in [0.25, 0.3) is 0 Å². The summed E-state index contributed by atoms with van der Waals surface area (Å²) < 4.78 is 17.7. The summed E-state index contributed by atoms with van der Waals surface area (Å²) in [5.74, 6) is -7.14. The van der Waals surface area contributed by atoms with Gasteiger partial charge in [0.05, 0.1) is 68.4 Å². The Morgan fingerprint density at radius 2 is 1.32 bits per heavy atom. The highest BCUT2D eigenvalue weighted by Crippen LogP contribution is 2.30. The molecule has 3 rings (SSSR count). The summed E-state index contributed by atoms with van der Waals surface area (Å²) in [4.78, 5) is 150. The first-order valence-electron chi connectivity index (χ1n) is 31.5. The lowest BCUT2D eigenvalue weighted by Gasteiger charge is -2.41. The predicted molar refractivity (Wildman–Crippen MR) is 344 cm³/mol. The number of amides is 12. The van der Waals surface area contributed by atoms with Gasteiger partial charge < -0.3 is 83.1 Å². The number of likely N-dealkylation sites (tertiary alicyclic amines) is 1. The van der Waals surface area contributed by atoms with Gasteiger partial charge in [-0.3, -0.25) is 48.1 Å². The lowest BCUT2D eigenvalue weighted by Crippen LogP contribution is -2.60. The Morgan fingerprint density at radius 3 is 1.88 bits per heavy atom. The molecule has 1 aliphatic rings. The van der Waals surface area contributed by atoms with Gasteiger partial charge in [-0.2, -0.15) is 0 Å². The Kier molecular flexibility index (Phi) is 33.0. The van der Waals surface area contributed by atoms with Crippen molar-refractivity contribution < 1.29 is 72.1 Å². The van der Waals surface area contributed by atoms with Crippen LogP contribution in [0.25, 0.3) is 0 Å². The fourth-order valence-electron chi connectivity index (χ4n) is 11.2. The molecule has 13 N–H and O–H groups in total. The summed E-state index contributed by atoms with van der Waals surface area (Å²) in [5, 5.41) is 31.8. The predicted octanol–water partition coefficient (Wildman–Crippen LogP) is 1.78. The van der Waals surface area contributed by atoms with E-state index in [4.69, 9.17) is 25.7 Å². The number of likely N-dealkylation sites (N-methyl/N-ethyl adjacent to an activating group) is 2. The molecule has 2 aromatic carbocycles. The standard InChI is InChI=1S/C64H103N13O15/c1-15-39(8)55(47(90-13)31-51(81)77-30-20-24-46(77)57(91-14)40(9)58(83)70-41(10)56(82)43-21-17-16-18-22-43)75(11)62(87)53(37(4)5)74-61(86)54(38(6)7)76(12)64(89)92-35-42-25-27-44(28-26-42)71-59(84)45(23-19-29-67-63(66)88)72-60(85)52(36(2)3)73-50(80)34-69-49(79)33-68-48(78)32-65/h16-18,21-22,25-28,36-41,45-47,52-57,82H,15,19-20,23-24,29-35,65H2,1-14H3,(H,68,78)(H,69,79)(H,70,83)(H,71,84)(H,72,85)(H,73,80)(H,74,86)(H3,66,67,88)/t39-,40+,41+,45-,46-,47+,52-,53-,54-,55-,56+,57+/m0/s1. The Bertz CT molecular complexity index is 2760. The first-order chi connectivity index (χ1) is 43.4. The van der Waals surface area contributed by atoms with E-state index in [1.165, 1.54) is 26.2 Å². The van der Waals surface area contributed by atoms with Gasteiger partial charge in [0.1, 0.15) is 30.8 Å². The number of aliphatic hydroxyl groups excluding tert-OH is 1. The van der Waals surface area contributed by atoms with Gasteiger partial charge >= 0.3 is 12.1 Å². The largest absolute Gasteiger partial charge is 0.445 e. The van der Waals surface area contributed by atoms with Crippen molar-refractivity contribution in [3.8, 4) is 0 Å². The molecule has 0 unspecified atom stereocenters. The van der Waals surface area contributed by atoms with Crippen LogP contribution in [0.2, 0.25) is 0 Å². The number of aliphatic hydroxyl groups is 1. The molecule has 1 heterocycles. The van der Waals surface area contributed by atoms with E-state index in [0.717, 1.165) is 4.90 Å². The minimum atomic E-state index is -1.17. The Morgan fingerprint density at radius 1 is 0.696 bits per heavy atom. The smallest absolute Gasteiger partial charge is 0.410 e. The summed E-state index contributed by atoms with van der Waals surface area (Å²) in [5.41, 5.74) is 11.9. The summed E-state index contributed by atoms with van der Waals surface area (Å²) >= 11 is 0. The van der Waals surface area contributed by atoms with Crippen LogP contribution in [0.1, 0.15) is 125 Å². The molecule has 2 aromatic rings. The highest BCUT2D eigenvalue weighted by Gasteiger charge is 2.44. The number of carbonyl (C=O) groups excluding carboxylic acids is 11. The van der Waals surface area contributed by atoms with Crippen molar-refractivity contribution in [2.45, 2.75) is 175 Å². The van der Waals surface area contributed by atoms with Crippen LogP contribution >= 0.6 is 0 Å². The highest BCUT2D eigenvalue weighted by atomic mass is 16.6. The molecular formula is C64H103N13O15. The van der Waals surface area contributed by atoms with Gasteiger partial charge in [-0.15, -0.1) is 0 Å². The number of hydrogen-bond donors (Lipinski definition) is 11. The summed E-state index contributed by atoms with van der Waals surface area (Å²) in [6.45, 7) is 16.8. The minimum absolute atomic E-state index is 0.0355. The summed E-state index contributed by atoms with van der Waals surface area (Å²) in [6.07, 6.45) is -1.21. The van der Waals surface area contributed by atoms with Crippen LogP contribution in [0, 0.1) is 29.6 Å². The van der Waals surface area contributed by atoms with E-state index in [1.54, 1.807) is 104 Å². The van der Waals surface area contributed by atoms with E-state index in [1.807, 2.05) is 32.0 Å². The zero-order chi connectivity index (χ0) is 69.1. The molecular weight excluding hydrogens is 1190 g/mol. The van der Waals surface area contributed by atoms with Crippen molar-refractivity contribution >= 4 is 71.0 Å². The molecule has 1 fully saturated rings. The fourth-order valence-corrected chi connectivity index (χ4v) is 11.2. The Labute approximate surface area is 541 Å². The average molecular weight is 1290 g/mol. The maximum absolute atomic E-state index is 14.8. The second-order valence-electron chi connectivity index (χ2n) is 24.6. The monoisotopic (exact) mass is 1290 g/mol. The molecule has 12 atom stereocenters. The van der Waals surface area contributed by atoms with E-state index in [-0.39, 0.29) is 56.7 Å². The van der Waals surface area contributed by atoms with E-state index in [9.17, 15) is 57.8 Å². The third-order valence-corrected chi connectivity index (χ3v) is 16.6. The Hall–Kier alpha value is -7.95. The maximum atomic E-state index is 14.8. The maximum Gasteiger partial charge on any atom is 0.410 e. The van der Waals surface area contributed by atoms with Crippen LogP contribution < -0.4 is 54.0 Å². The SMILES string of the molecule is CC[C@H](C)[C@@H]([C@@H](CC(=O)N1CCC[C@H]1[C@H](OC)[C@@H](C)C(=O)N[C@H](C)[C@@H](O)c1ccccc1)OC)N(C)C(=O)[C@@H](NC(=O)[C@H](C(C)C)N(C)C(=O)OCc1ccc(NC(=O)[C@H](CCCNC(N)=O)NC(=O)[C@@H](NC(=O)CNC(=O)CNC(=O)CN)C(C)C)cc1)C(C)C. The average Bonchev–Trinajstić information content (AvgIpc) is 1.54. The van der Waals surface area contributed by atoms with Crippen molar-refractivity contribution in [3.05, 3.63) is 65.7 Å².